The van der Waals surface area contributed by atoms with Crippen molar-refractivity contribution in [2.24, 2.45) is 17.8 Å². The predicted molar refractivity (Wildman–Crippen MR) is 102 cm³/mol. The number of hydrogen-bond donors (Lipinski definition) is 2. The van der Waals surface area contributed by atoms with Crippen molar-refractivity contribution < 1.29 is 9.59 Å². The van der Waals surface area contributed by atoms with Crippen LogP contribution in [0.15, 0.2) is 24.3 Å². The molecule has 4 nitrogen and oxygen atoms in total. The number of nitrogens with one attached hydrogen (secondary N) is 2. The molecule has 0 heterocycles. The highest BCUT2D eigenvalue weighted by Crippen LogP contribution is 2.60. The third kappa shape index (κ3) is 3.57. The van der Waals surface area contributed by atoms with Gasteiger partial charge in [0, 0.05) is 23.0 Å². The van der Waals surface area contributed by atoms with Gasteiger partial charge in [0.25, 0.3) is 5.91 Å². The molecule has 4 bridgehead atoms. The molecule has 5 heteroatoms. The molecule has 4 saturated carbocycles. The minimum Gasteiger partial charge on any atom is -0.355 e. The minimum atomic E-state index is -0.116. The van der Waals surface area contributed by atoms with E-state index < -0.39 is 0 Å². The number of rotatable bonds is 5. The van der Waals surface area contributed by atoms with Crippen molar-refractivity contribution in [1.29, 1.82) is 0 Å². The lowest BCUT2D eigenvalue weighted by Gasteiger charge is -2.56. The molecule has 0 aliphatic heterocycles. The molecule has 25 heavy (non-hydrogen) atoms. The lowest BCUT2D eigenvalue weighted by molar-refractivity contribution is -0.113. The first-order chi connectivity index (χ1) is 12.0. The minimum absolute atomic E-state index is 0.0634. The largest absolute Gasteiger partial charge is 0.355 e. The lowest BCUT2D eigenvalue weighted by atomic mass is 9.56. The first kappa shape index (κ1) is 17.0. The Morgan fingerprint density at radius 3 is 2.12 bits per heavy atom. The summed E-state index contributed by atoms with van der Waals surface area (Å²) in [7, 11) is 1.61. The Morgan fingerprint density at radius 1 is 1.04 bits per heavy atom. The van der Waals surface area contributed by atoms with Crippen molar-refractivity contribution >= 4 is 29.3 Å². The zero-order valence-electron chi connectivity index (χ0n) is 14.7. The molecule has 1 aromatic rings. The topological polar surface area (TPSA) is 58.2 Å². The van der Waals surface area contributed by atoms with Gasteiger partial charge >= 0.3 is 0 Å². The van der Waals surface area contributed by atoms with Crippen LogP contribution < -0.4 is 10.6 Å². The van der Waals surface area contributed by atoms with Crippen LogP contribution in [0.5, 0.6) is 0 Å². The van der Waals surface area contributed by atoms with Crippen LogP contribution in [0.3, 0.4) is 0 Å². The summed E-state index contributed by atoms with van der Waals surface area (Å²) in [4.78, 5) is 23.9. The molecular formula is C20H26N2O2S. The highest BCUT2D eigenvalue weighted by Gasteiger charge is 2.51. The zero-order valence-corrected chi connectivity index (χ0v) is 15.5. The second-order valence-electron chi connectivity index (χ2n) is 8.09. The van der Waals surface area contributed by atoms with Crippen molar-refractivity contribution in [2.45, 2.75) is 43.3 Å². The molecule has 134 valence electrons. The summed E-state index contributed by atoms with van der Waals surface area (Å²) in [5.74, 6) is 3.23. The van der Waals surface area contributed by atoms with Crippen LogP contribution in [0, 0.1) is 17.8 Å². The van der Waals surface area contributed by atoms with E-state index in [1.54, 1.807) is 31.3 Å². The quantitative estimate of drug-likeness (QED) is 0.844. The fourth-order valence-electron chi connectivity index (χ4n) is 5.47. The molecule has 0 saturated heterocycles. The van der Waals surface area contributed by atoms with Gasteiger partial charge < -0.3 is 10.6 Å². The number of carbonyl (C=O) groups excluding carboxylic acids is 2. The average Bonchev–Trinajstić information content (AvgIpc) is 2.59. The van der Waals surface area contributed by atoms with Gasteiger partial charge in [0.1, 0.15) is 0 Å². The molecular weight excluding hydrogens is 332 g/mol. The Hall–Kier alpha value is -1.49. The summed E-state index contributed by atoms with van der Waals surface area (Å²) in [6.07, 6.45) is 8.25. The van der Waals surface area contributed by atoms with Crippen molar-refractivity contribution in [1.82, 2.24) is 5.32 Å². The number of carbonyl (C=O) groups is 2. The maximum absolute atomic E-state index is 12.4. The molecule has 0 unspecified atom stereocenters. The number of anilines is 1. The van der Waals surface area contributed by atoms with E-state index in [2.05, 4.69) is 10.6 Å². The fraction of sp³-hybridized carbons (Fsp3) is 0.600. The van der Waals surface area contributed by atoms with Gasteiger partial charge in [-0.2, -0.15) is 0 Å². The molecule has 4 fully saturated rings. The molecule has 2 amide bonds. The van der Waals surface area contributed by atoms with Gasteiger partial charge in [0.2, 0.25) is 5.91 Å². The molecule has 2 N–H and O–H groups in total. The zero-order chi connectivity index (χ0) is 17.4. The van der Waals surface area contributed by atoms with Crippen LogP contribution >= 0.6 is 11.8 Å². The molecule has 0 atom stereocenters. The van der Waals surface area contributed by atoms with E-state index >= 15 is 0 Å². The highest BCUT2D eigenvalue weighted by molar-refractivity contribution is 8.01. The van der Waals surface area contributed by atoms with Crippen molar-refractivity contribution in [3.8, 4) is 0 Å². The molecule has 5 rings (SSSR count). The maximum Gasteiger partial charge on any atom is 0.251 e. The van der Waals surface area contributed by atoms with Crippen LogP contribution in [-0.2, 0) is 4.79 Å². The predicted octanol–water partition coefficient (Wildman–Crippen LogP) is 3.69. The van der Waals surface area contributed by atoms with Crippen LogP contribution in [0.4, 0.5) is 5.69 Å². The van der Waals surface area contributed by atoms with Gasteiger partial charge in [-0.25, -0.2) is 0 Å². The third-order valence-corrected chi connectivity index (χ3v) is 7.67. The number of hydrogen-bond acceptors (Lipinski definition) is 3. The van der Waals surface area contributed by atoms with Crippen molar-refractivity contribution in [3.05, 3.63) is 29.8 Å². The first-order valence-electron chi connectivity index (χ1n) is 9.31. The van der Waals surface area contributed by atoms with Gasteiger partial charge in [0.05, 0.1) is 5.75 Å². The molecule has 4 aliphatic rings. The Bertz CT molecular complexity index is 635. The van der Waals surface area contributed by atoms with E-state index in [1.165, 1.54) is 38.5 Å². The van der Waals surface area contributed by atoms with Crippen LogP contribution in [0.25, 0.3) is 0 Å². The van der Waals surface area contributed by atoms with Gasteiger partial charge in [0.15, 0.2) is 0 Å². The van der Waals surface area contributed by atoms with E-state index in [4.69, 9.17) is 0 Å². The first-order valence-corrected chi connectivity index (χ1v) is 10.3. The molecule has 4 aliphatic carbocycles. The smallest absolute Gasteiger partial charge is 0.251 e. The standard InChI is InChI=1S/C20H26N2O2S/c1-21-19(24)16-2-4-17(5-3-16)22-18(23)12-25-20-9-13-6-14(10-20)8-15(7-13)11-20/h2-5,13-15H,6-12H2,1H3,(H,21,24)(H,22,23). The molecule has 0 aromatic heterocycles. The fourth-order valence-corrected chi connectivity index (χ4v) is 7.04. The van der Waals surface area contributed by atoms with Crippen LogP contribution in [-0.4, -0.2) is 29.4 Å². The van der Waals surface area contributed by atoms with Gasteiger partial charge in [-0.05, 0) is 80.5 Å². The number of amides is 2. The SMILES string of the molecule is CNC(=O)c1ccc(NC(=O)CSC23CC4CC(CC(C4)C2)C3)cc1. The summed E-state index contributed by atoms with van der Waals surface area (Å²) >= 11 is 1.90. The molecule has 0 spiro atoms. The van der Waals surface area contributed by atoms with E-state index in [-0.39, 0.29) is 11.8 Å². The Kier molecular flexibility index (Phi) is 4.52. The Labute approximate surface area is 153 Å². The van der Waals surface area contributed by atoms with E-state index in [0.29, 0.717) is 16.1 Å². The Balaban J connectivity index is 1.31. The number of thioether (sulfide) groups is 1. The third-order valence-electron chi connectivity index (χ3n) is 6.15. The summed E-state index contributed by atoms with van der Waals surface area (Å²) in [6.45, 7) is 0. The molecule has 1 aromatic carbocycles. The second kappa shape index (κ2) is 6.67. The van der Waals surface area contributed by atoms with Crippen LogP contribution in [0.1, 0.15) is 48.9 Å². The molecule has 0 radical (unpaired) electrons. The summed E-state index contributed by atoms with van der Waals surface area (Å²) in [5.41, 5.74) is 1.35. The normalized spacial score (nSPS) is 32.4. The monoisotopic (exact) mass is 358 g/mol. The summed E-state index contributed by atoms with van der Waals surface area (Å²) in [5, 5.41) is 5.56. The highest BCUT2D eigenvalue weighted by atomic mass is 32.2. The second-order valence-corrected chi connectivity index (χ2v) is 9.54. The van der Waals surface area contributed by atoms with Crippen molar-refractivity contribution in [3.63, 3.8) is 0 Å². The van der Waals surface area contributed by atoms with E-state index in [9.17, 15) is 9.59 Å². The summed E-state index contributed by atoms with van der Waals surface area (Å²) in [6, 6.07) is 7.05. The van der Waals surface area contributed by atoms with Gasteiger partial charge in [-0.15, -0.1) is 11.8 Å². The Morgan fingerprint density at radius 2 is 1.60 bits per heavy atom. The number of benzene rings is 1. The van der Waals surface area contributed by atoms with E-state index in [1.807, 2.05) is 11.8 Å². The van der Waals surface area contributed by atoms with E-state index in [0.717, 1.165) is 23.4 Å². The average molecular weight is 359 g/mol. The van der Waals surface area contributed by atoms with Crippen LogP contribution in [0.2, 0.25) is 0 Å². The maximum atomic E-state index is 12.4. The van der Waals surface area contributed by atoms with Crippen molar-refractivity contribution in [2.75, 3.05) is 18.1 Å². The summed E-state index contributed by atoms with van der Waals surface area (Å²) < 4.78 is 0.370. The lowest BCUT2D eigenvalue weighted by Crippen LogP contribution is -2.49. The van der Waals surface area contributed by atoms with Gasteiger partial charge in [-0.1, -0.05) is 0 Å². The van der Waals surface area contributed by atoms with Gasteiger partial charge in [-0.3, -0.25) is 9.59 Å².